The van der Waals surface area contributed by atoms with E-state index < -0.39 is 5.97 Å². The van der Waals surface area contributed by atoms with Crippen LogP contribution in [0.5, 0.6) is 0 Å². The van der Waals surface area contributed by atoms with Crippen LogP contribution in [0.15, 0.2) is 78.0 Å². The van der Waals surface area contributed by atoms with Gasteiger partial charge in [-0.25, -0.2) is 4.99 Å². The minimum atomic E-state index is -0.833. The van der Waals surface area contributed by atoms with Crippen molar-refractivity contribution in [1.82, 2.24) is 14.8 Å². The average Bonchev–Trinajstić information content (AvgIpc) is 3.34. The van der Waals surface area contributed by atoms with E-state index in [1.165, 1.54) is 32.1 Å². The van der Waals surface area contributed by atoms with E-state index in [-0.39, 0.29) is 0 Å². The van der Waals surface area contributed by atoms with E-state index in [4.69, 9.17) is 15.6 Å². The molecule has 192 valence electrons. The van der Waals surface area contributed by atoms with Crippen LogP contribution in [0.1, 0.15) is 51.5 Å². The van der Waals surface area contributed by atoms with Gasteiger partial charge in [-0.05, 0) is 36.4 Å². The third kappa shape index (κ3) is 8.14. The van der Waals surface area contributed by atoms with Crippen LogP contribution in [-0.2, 0) is 4.79 Å². The Bertz CT molecular complexity index is 1330. The van der Waals surface area contributed by atoms with Gasteiger partial charge in [-0.3, -0.25) is 9.78 Å². The van der Waals surface area contributed by atoms with Gasteiger partial charge in [0.2, 0.25) is 0 Å². The molecule has 37 heavy (non-hydrogen) atoms. The molecule has 0 bridgehead atoms. The Morgan fingerprint density at radius 2 is 1.73 bits per heavy atom. The van der Waals surface area contributed by atoms with Crippen molar-refractivity contribution in [3.05, 3.63) is 78.6 Å². The Morgan fingerprint density at radius 3 is 2.35 bits per heavy atom. The number of aromatic nitrogens is 3. The van der Waals surface area contributed by atoms with Crippen molar-refractivity contribution >= 4 is 41.3 Å². The molecule has 1 fully saturated rings. The smallest absolute Gasteiger partial charge is 0.300 e. The topological polar surface area (TPSA) is 106 Å². The molecule has 0 aliphatic heterocycles. The van der Waals surface area contributed by atoms with Gasteiger partial charge >= 0.3 is 0 Å². The maximum Gasteiger partial charge on any atom is 0.300 e. The number of hydrogen-bond acceptors (Lipinski definition) is 5. The van der Waals surface area contributed by atoms with E-state index in [1.54, 1.807) is 10.9 Å². The zero-order valence-electron chi connectivity index (χ0n) is 21.5. The summed E-state index contributed by atoms with van der Waals surface area (Å²) in [6.45, 7) is 7.13. The number of carboxylic acids is 1. The predicted molar refractivity (Wildman–Crippen MR) is 153 cm³/mol. The SMILES string of the molecule is C=Nc1c(-c2cnc3ccccc3c2)cnn1/C(N)=C/c1ccccc1.CC(=O)O.CC1CCCCC1. The van der Waals surface area contributed by atoms with Gasteiger partial charge in [0.1, 0.15) is 5.82 Å². The van der Waals surface area contributed by atoms with Crippen LogP contribution in [0.4, 0.5) is 5.82 Å². The van der Waals surface area contributed by atoms with E-state index >= 15 is 0 Å². The van der Waals surface area contributed by atoms with E-state index in [2.05, 4.69) is 34.8 Å². The monoisotopic (exact) mass is 497 g/mol. The number of hydrogen-bond donors (Lipinski definition) is 2. The first-order valence-electron chi connectivity index (χ1n) is 12.5. The molecule has 2 aromatic heterocycles. The second kappa shape index (κ2) is 13.7. The average molecular weight is 498 g/mol. The third-order valence-electron chi connectivity index (χ3n) is 6.05. The summed E-state index contributed by atoms with van der Waals surface area (Å²) >= 11 is 0. The molecule has 0 atom stereocenters. The number of rotatable bonds is 4. The van der Waals surface area contributed by atoms with Gasteiger partial charge in [-0.1, -0.05) is 87.6 Å². The van der Waals surface area contributed by atoms with Crippen LogP contribution in [0.25, 0.3) is 33.9 Å². The van der Waals surface area contributed by atoms with Gasteiger partial charge < -0.3 is 10.8 Å². The molecule has 5 rings (SSSR count). The molecule has 0 radical (unpaired) electrons. The van der Waals surface area contributed by atoms with Gasteiger partial charge in [-0.2, -0.15) is 9.78 Å². The van der Waals surface area contributed by atoms with Crippen LogP contribution >= 0.6 is 0 Å². The number of aliphatic carboxylic acids is 1. The molecule has 0 spiro atoms. The highest BCUT2D eigenvalue weighted by Crippen LogP contribution is 2.32. The quantitative estimate of drug-likeness (QED) is 0.295. The lowest BCUT2D eigenvalue weighted by atomic mass is 9.91. The van der Waals surface area contributed by atoms with Gasteiger partial charge in [0.05, 0.1) is 11.7 Å². The third-order valence-corrected chi connectivity index (χ3v) is 6.05. The predicted octanol–water partition coefficient (Wildman–Crippen LogP) is 7.02. The fourth-order valence-corrected chi connectivity index (χ4v) is 4.19. The number of para-hydroxylation sites is 1. The number of carbonyl (C=O) groups is 1. The fraction of sp³-hybridized carbons (Fsp3) is 0.267. The van der Waals surface area contributed by atoms with E-state index in [0.717, 1.165) is 40.4 Å². The highest BCUT2D eigenvalue weighted by atomic mass is 16.4. The first-order chi connectivity index (χ1) is 17.9. The summed E-state index contributed by atoms with van der Waals surface area (Å²) in [5, 5.41) is 12.9. The molecule has 4 aromatic rings. The minimum absolute atomic E-state index is 0.471. The van der Waals surface area contributed by atoms with Crippen LogP contribution in [0.2, 0.25) is 0 Å². The van der Waals surface area contributed by atoms with Crippen LogP contribution in [0.3, 0.4) is 0 Å². The summed E-state index contributed by atoms with van der Waals surface area (Å²) in [5.41, 5.74) is 9.94. The summed E-state index contributed by atoms with van der Waals surface area (Å²) in [6, 6.07) is 19.9. The Kier molecular flexibility index (Phi) is 10.1. The largest absolute Gasteiger partial charge is 0.481 e. The van der Waals surface area contributed by atoms with Gasteiger partial charge in [0.15, 0.2) is 5.82 Å². The molecular formula is C30H35N5O2. The first-order valence-corrected chi connectivity index (χ1v) is 12.5. The number of fused-ring (bicyclic) bond motifs is 1. The fourth-order valence-electron chi connectivity index (χ4n) is 4.19. The van der Waals surface area contributed by atoms with Crippen molar-refractivity contribution < 1.29 is 9.90 Å². The molecule has 1 aliphatic rings. The maximum absolute atomic E-state index is 9.00. The highest BCUT2D eigenvalue weighted by Gasteiger charge is 2.14. The highest BCUT2D eigenvalue weighted by molar-refractivity contribution is 5.86. The molecule has 7 nitrogen and oxygen atoms in total. The maximum atomic E-state index is 9.00. The summed E-state index contributed by atoms with van der Waals surface area (Å²) < 4.78 is 1.59. The number of aliphatic imine (C=N–C) groups is 1. The normalized spacial score (nSPS) is 13.6. The number of nitrogens with zero attached hydrogens (tertiary/aromatic N) is 4. The Balaban J connectivity index is 0.000000289. The van der Waals surface area contributed by atoms with E-state index in [9.17, 15) is 0 Å². The van der Waals surface area contributed by atoms with Crippen molar-refractivity contribution in [2.75, 3.05) is 0 Å². The zero-order valence-corrected chi connectivity index (χ0v) is 21.5. The van der Waals surface area contributed by atoms with Gasteiger partial charge in [0.25, 0.3) is 5.97 Å². The van der Waals surface area contributed by atoms with Crippen molar-refractivity contribution in [3.8, 4) is 11.1 Å². The molecule has 1 saturated carbocycles. The van der Waals surface area contributed by atoms with Crippen molar-refractivity contribution in [2.45, 2.75) is 46.0 Å². The Morgan fingerprint density at radius 1 is 1.08 bits per heavy atom. The van der Waals surface area contributed by atoms with Crippen LogP contribution < -0.4 is 5.73 Å². The Labute approximate surface area is 218 Å². The van der Waals surface area contributed by atoms with Crippen molar-refractivity contribution in [2.24, 2.45) is 16.6 Å². The summed E-state index contributed by atoms with van der Waals surface area (Å²) in [6.07, 6.45) is 12.8. The Hall–Kier alpha value is -4.26. The molecule has 0 saturated heterocycles. The number of nitrogens with two attached hydrogens (primary N) is 1. The second-order valence-electron chi connectivity index (χ2n) is 9.11. The van der Waals surface area contributed by atoms with Crippen LogP contribution in [-0.4, -0.2) is 32.6 Å². The van der Waals surface area contributed by atoms with Gasteiger partial charge in [-0.15, -0.1) is 0 Å². The summed E-state index contributed by atoms with van der Waals surface area (Å²) in [4.78, 5) is 17.7. The standard InChI is InChI=1S/C21H17N5.C7H14.C2H4O2/c1-23-21-18(17-12-16-9-5-6-10-19(16)24-13-17)14-25-26(21)20(22)11-15-7-3-2-4-8-15;1-7-5-3-2-4-6-7;1-2(3)4/h2-14H,1,22H2;7H,2-6H2,1H3;1H3,(H,3,4)/b20-11+;;. The van der Waals surface area contributed by atoms with Crippen LogP contribution in [0, 0.1) is 5.92 Å². The number of pyridine rings is 1. The first kappa shape index (κ1) is 27.3. The number of carboxylic acid groups (broad SMARTS) is 1. The summed E-state index contributed by atoms with van der Waals surface area (Å²) in [5.74, 6) is 1.26. The molecule has 2 aromatic carbocycles. The molecule has 1 aliphatic carbocycles. The molecule has 3 N–H and O–H groups in total. The molecule has 7 heteroatoms. The minimum Gasteiger partial charge on any atom is -0.481 e. The molecular weight excluding hydrogens is 462 g/mol. The van der Waals surface area contributed by atoms with Crippen molar-refractivity contribution in [3.63, 3.8) is 0 Å². The molecule has 0 amide bonds. The van der Waals surface area contributed by atoms with Crippen molar-refractivity contribution in [1.29, 1.82) is 0 Å². The lowest BCUT2D eigenvalue weighted by molar-refractivity contribution is -0.134. The number of benzene rings is 2. The molecule has 2 heterocycles. The van der Waals surface area contributed by atoms with Gasteiger partial charge in [0, 0.05) is 29.6 Å². The summed E-state index contributed by atoms with van der Waals surface area (Å²) in [7, 11) is 0. The lowest BCUT2D eigenvalue weighted by Gasteiger charge is -2.15. The van der Waals surface area contributed by atoms with E-state index in [1.807, 2.05) is 66.9 Å². The second-order valence-corrected chi connectivity index (χ2v) is 9.11. The van der Waals surface area contributed by atoms with E-state index in [0.29, 0.717) is 11.6 Å². The zero-order chi connectivity index (χ0) is 26.6. The lowest BCUT2D eigenvalue weighted by Crippen LogP contribution is -2.07. The molecule has 0 unspecified atom stereocenters.